The third kappa shape index (κ3) is 3.98. The molecule has 0 radical (unpaired) electrons. The minimum Gasteiger partial charge on any atom is -0.365 e. The van der Waals surface area contributed by atoms with Gasteiger partial charge in [-0.05, 0) is 79.1 Å². The van der Waals surface area contributed by atoms with Crippen molar-refractivity contribution in [1.82, 2.24) is 4.90 Å². The summed E-state index contributed by atoms with van der Waals surface area (Å²) in [5.74, 6) is 2.19. The summed E-state index contributed by atoms with van der Waals surface area (Å²) in [7, 11) is 0. The maximum absolute atomic E-state index is 6.47. The molecule has 0 aromatic heterocycles. The number of nitrogens with two attached hydrogens (primary N) is 1. The van der Waals surface area contributed by atoms with Gasteiger partial charge >= 0.3 is 0 Å². The van der Waals surface area contributed by atoms with Crippen molar-refractivity contribution < 1.29 is 0 Å². The van der Waals surface area contributed by atoms with Gasteiger partial charge in [-0.1, -0.05) is 81.9 Å². The Hall–Kier alpha value is -1.19. The Morgan fingerprint density at radius 1 is 1.06 bits per heavy atom. The van der Waals surface area contributed by atoms with Crippen molar-refractivity contribution in [2.24, 2.45) is 34.3 Å². The van der Waals surface area contributed by atoms with Crippen molar-refractivity contribution in [3.05, 3.63) is 47.5 Å². The van der Waals surface area contributed by atoms with E-state index in [-0.39, 0.29) is 22.3 Å². The first-order valence-electron chi connectivity index (χ1n) is 12.9. The number of piperidine rings is 1. The normalized spacial score (nSPS) is 40.3. The number of hydrogen-bond acceptors (Lipinski definition) is 2. The quantitative estimate of drug-likeness (QED) is 0.421. The van der Waals surface area contributed by atoms with Gasteiger partial charge in [0, 0.05) is 24.5 Å². The van der Waals surface area contributed by atoms with Crippen LogP contribution in [0.3, 0.4) is 0 Å². The summed E-state index contributed by atoms with van der Waals surface area (Å²) >= 11 is 6.36. The van der Waals surface area contributed by atoms with Crippen LogP contribution in [0.15, 0.2) is 42.0 Å². The third-order valence-corrected chi connectivity index (χ3v) is 10.1. The van der Waals surface area contributed by atoms with Crippen molar-refractivity contribution in [2.45, 2.75) is 84.1 Å². The average molecular weight is 451 g/mol. The highest BCUT2D eigenvalue weighted by Gasteiger charge is 2.54. The molecule has 3 saturated carbocycles. The van der Waals surface area contributed by atoms with Gasteiger partial charge in [-0.3, -0.25) is 0 Å². The SMILES string of the molecule is CC1CC2(c3ccccc3)CC(CC(C)(C(=S)N3CCC(N)C(C)(C)C3)C2)/C1=C/C1CC1. The van der Waals surface area contributed by atoms with Crippen LogP contribution in [0.4, 0.5) is 0 Å². The summed E-state index contributed by atoms with van der Waals surface area (Å²) in [5.41, 5.74) is 10.2. The van der Waals surface area contributed by atoms with E-state index in [9.17, 15) is 0 Å². The third-order valence-electron chi connectivity index (χ3n) is 9.35. The van der Waals surface area contributed by atoms with Gasteiger partial charge in [0.15, 0.2) is 0 Å². The van der Waals surface area contributed by atoms with Crippen LogP contribution in [0.25, 0.3) is 0 Å². The van der Waals surface area contributed by atoms with Crippen molar-refractivity contribution in [2.75, 3.05) is 13.1 Å². The first-order chi connectivity index (χ1) is 15.1. The maximum atomic E-state index is 6.47. The fraction of sp³-hybridized carbons (Fsp3) is 0.690. The Labute approximate surface area is 201 Å². The van der Waals surface area contributed by atoms with Crippen LogP contribution in [0.5, 0.6) is 0 Å². The van der Waals surface area contributed by atoms with E-state index in [0.29, 0.717) is 11.8 Å². The topological polar surface area (TPSA) is 29.3 Å². The highest BCUT2D eigenvalue weighted by atomic mass is 32.1. The van der Waals surface area contributed by atoms with Crippen LogP contribution >= 0.6 is 12.2 Å². The highest BCUT2D eigenvalue weighted by molar-refractivity contribution is 7.80. The van der Waals surface area contributed by atoms with Crippen LogP contribution < -0.4 is 5.73 Å². The van der Waals surface area contributed by atoms with E-state index in [2.05, 4.69) is 69.0 Å². The maximum Gasteiger partial charge on any atom is 0.0839 e. The van der Waals surface area contributed by atoms with E-state index in [1.807, 2.05) is 0 Å². The van der Waals surface area contributed by atoms with Crippen LogP contribution in [-0.4, -0.2) is 29.0 Å². The second-order valence-corrected chi connectivity index (χ2v) is 13.1. The number of benzene rings is 1. The van der Waals surface area contributed by atoms with E-state index in [1.54, 1.807) is 5.57 Å². The molecule has 3 heteroatoms. The number of thiocarbonyl (C=S) groups is 1. The summed E-state index contributed by atoms with van der Waals surface area (Å²) in [6, 6.07) is 11.7. The Bertz CT molecular complexity index is 897. The van der Waals surface area contributed by atoms with Crippen LogP contribution in [0, 0.1) is 28.6 Å². The molecule has 1 aromatic rings. The molecule has 4 aliphatic rings. The smallest absolute Gasteiger partial charge is 0.0839 e. The zero-order valence-electron chi connectivity index (χ0n) is 20.6. The second-order valence-electron chi connectivity index (χ2n) is 12.7. The highest BCUT2D eigenvalue weighted by Crippen LogP contribution is 2.61. The molecule has 174 valence electrons. The Morgan fingerprint density at radius 3 is 2.44 bits per heavy atom. The average Bonchev–Trinajstić information content (AvgIpc) is 3.57. The molecule has 1 aromatic carbocycles. The van der Waals surface area contributed by atoms with Gasteiger partial charge in [0.25, 0.3) is 0 Å². The number of hydrogen-bond donors (Lipinski definition) is 1. The second kappa shape index (κ2) is 7.94. The van der Waals surface area contributed by atoms with Crippen molar-refractivity contribution in [1.29, 1.82) is 0 Å². The van der Waals surface area contributed by atoms with Gasteiger partial charge < -0.3 is 10.6 Å². The Morgan fingerprint density at radius 2 is 1.78 bits per heavy atom. The fourth-order valence-corrected chi connectivity index (χ4v) is 7.84. The van der Waals surface area contributed by atoms with Gasteiger partial charge in [0.05, 0.1) is 4.99 Å². The summed E-state index contributed by atoms with van der Waals surface area (Å²) in [6.45, 7) is 11.6. The number of nitrogens with zero attached hydrogens (tertiary/aromatic N) is 1. The minimum absolute atomic E-state index is 0.0639. The van der Waals surface area contributed by atoms with Crippen LogP contribution in [0.2, 0.25) is 0 Å². The minimum atomic E-state index is 0.0639. The molecule has 5 unspecified atom stereocenters. The number of fused-ring (bicyclic) bond motifs is 2. The molecule has 0 amide bonds. The first kappa shape index (κ1) is 22.6. The molecule has 3 aliphatic carbocycles. The zero-order valence-corrected chi connectivity index (χ0v) is 21.4. The molecule has 2 N–H and O–H groups in total. The molecule has 2 bridgehead atoms. The molecule has 0 spiro atoms. The lowest BCUT2D eigenvalue weighted by molar-refractivity contribution is 0.0779. The van der Waals surface area contributed by atoms with Gasteiger partial charge in [-0.25, -0.2) is 0 Å². The molecule has 4 fully saturated rings. The molecular weight excluding hydrogens is 408 g/mol. The molecule has 1 heterocycles. The van der Waals surface area contributed by atoms with E-state index in [4.69, 9.17) is 18.0 Å². The van der Waals surface area contributed by atoms with Gasteiger partial charge in [-0.15, -0.1) is 0 Å². The van der Waals surface area contributed by atoms with E-state index >= 15 is 0 Å². The number of allylic oxidation sites excluding steroid dienone is 2. The predicted molar refractivity (Wildman–Crippen MR) is 139 cm³/mol. The Kier molecular flexibility index (Phi) is 5.61. The van der Waals surface area contributed by atoms with Crippen LogP contribution in [-0.2, 0) is 5.41 Å². The molecule has 1 saturated heterocycles. The van der Waals surface area contributed by atoms with Crippen molar-refractivity contribution in [3.63, 3.8) is 0 Å². The van der Waals surface area contributed by atoms with Crippen molar-refractivity contribution in [3.8, 4) is 0 Å². The van der Waals surface area contributed by atoms with Gasteiger partial charge in [-0.2, -0.15) is 0 Å². The van der Waals surface area contributed by atoms with Crippen molar-refractivity contribution >= 4 is 17.2 Å². The molecule has 1 aliphatic heterocycles. The number of likely N-dealkylation sites (tertiary alicyclic amines) is 1. The largest absolute Gasteiger partial charge is 0.365 e. The Balaban J connectivity index is 1.50. The lowest BCUT2D eigenvalue weighted by atomic mass is 9.49. The summed E-state index contributed by atoms with van der Waals surface area (Å²) in [5, 5.41) is 0. The van der Waals surface area contributed by atoms with E-state index in [1.165, 1.54) is 49.1 Å². The van der Waals surface area contributed by atoms with E-state index < -0.39 is 0 Å². The van der Waals surface area contributed by atoms with Gasteiger partial charge in [0.2, 0.25) is 0 Å². The zero-order chi connectivity index (χ0) is 22.7. The van der Waals surface area contributed by atoms with E-state index in [0.717, 1.165) is 25.4 Å². The summed E-state index contributed by atoms with van der Waals surface area (Å²) in [4.78, 5) is 3.74. The lowest BCUT2D eigenvalue weighted by Gasteiger charge is -2.57. The first-order valence-corrected chi connectivity index (χ1v) is 13.3. The summed E-state index contributed by atoms with van der Waals surface area (Å²) in [6.07, 6.45) is 11.5. The molecule has 5 atom stereocenters. The van der Waals surface area contributed by atoms with Crippen LogP contribution in [0.1, 0.15) is 78.2 Å². The summed E-state index contributed by atoms with van der Waals surface area (Å²) < 4.78 is 0. The lowest BCUT2D eigenvalue weighted by Crippen LogP contribution is -2.58. The fourth-order valence-electron chi connectivity index (χ4n) is 7.53. The molecule has 32 heavy (non-hydrogen) atoms. The predicted octanol–water partition coefficient (Wildman–Crippen LogP) is 6.49. The number of rotatable bonds is 3. The molecule has 5 rings (SSSR count). The van der Waals surface area contributed by atoms with Gasteiger partial charge in [0.1, 0.15) is 0 Å². The standard InChI is InChI=1S/C29H42N2S/c1-20-15-29(23-8-6-5-7-9-23)17-22(24(20)14-21-10-11-21)16-28(4,18-29)26(32)31-13-12-25(30)27(2,3)19-31/h5-9,14,20-22,25H,10-13,15-19,30H2,1-4H3/b24-14+. The molecular formula is C29H42N2S. The molecule has 2 nitrogen and oxygen atoms in total. The monoisotopic (exact) mass is 450 g/mol.